The lowest BCUT2D eigenvalue weighted by Gasteiger charge is -2.08. The summed E-state index contributed by atoms with van der Waals surface area (Å²) in [4.78, 5) is 30.7. The van der Waals surface area contributed by atoms with Gasteiger partial charge in [-0.05, 0) is 18.6 Å². The van der Waals surface area contributed by atoms with Gasteiger partial charge in [0.05, 0.1) is 12.8 Å². The standard InChI is InChI=1S/C15H19N5O3/c1-3-4-7-20-11-12(19(2)15(22)18-13(11)21)17-14(20)16-9-10-6-5-8-23-10/h5-6,8H,3-4,7,9H2,1-2H3,(H,16,17)(H,18,21,22). The predicted molar refractivity (Wildman–Crippen MR) is 86.5 cm³/mol. The van der Waals surface area contributed by atoms with Crippen molar-refractivity contribution >= 4 is 17.1 Å². The zero-order valence-corrected chi connectivity index (χ0v) is 13.1. The highest BCUT2D eigenvalue weighted by molar-refractivity contribution is 5.74. The van der Waals surface area contributed by atoms with Crippen LogP contribution in [-0.2, 0) is 20.1 Å². The van der Waals surface area contributed by atoms with Crippen LogP contribution in [0.25, 0.3) is 11.2 Å². The van der Waals surface area contributed by atoms with Crippen LogP contribution in [0.5, 0.6) is 0 Å². The molecule has 122 valence electrons. The van der Waals surface area contributed by atoms with Crippen LogP contribution in [0.3, 0.4) is 0 Å². The number of aryl methyl sites for hydroxylation is 2. The molecule has 23 heavy (non-hydrogen) atoms. The van der Waals surface area contributed by atoms with Gasteiger partial charge in [-0.25, -0.2) is 4.79 Å². The monoisotopic (exact) mass is 317 g/mol. The van der Waals surface area contributed by atoms with Gasteiger partial charge in [-0.2, -0.15) is 4.98 Å². The van der Waals surface area contributed by atoms with Crippen LogP contribution in [0, 0.1) is 0 Å². The summed E-state index contributed by atoms with van der Waals surface area (Å²) in [6.07, 6.45) is 3.50. The van der Waals surface area contributed by atoms with E-state index in [0.29, 0.717) is 30.2 Å². The van der Waals surface area contributed by atoms with Crippen molar-refractivity contribution in [2.75, 3.05) is 5.32 Å². The second-order valence-corrected chi connectivity index (χ2v) is 5.36. The number of imidazole rings is 1. The molecule has 0 aliphatic heterocycles. The normalized spacial score (nSPS) is 11.2. The number of anilines is 1. The van der Waals surface area contributed by atoms with Crippen LogP contribution < -0.4 is 16.6 Å². The van der Waals surface area contributed by atoms with Gasteiger partial charge in [0.1, 0.15) is 5.76 Å². The Balaban J connectivity index is 2.07. The van der Waals surface area contributed by atoms with E-state index in [4.69, 9.17) is 4.42 Å². The van der Waals surface area contributed by atoms with Crippen LogP contribution in [-0.4, -0.2) is 19.1 Å². The van der Waals surface area contributed by atoms with E-state index in [-0.39, 0.29) is 0 Å². The average Bonchev–Trinajstić information content (AvgIpc) is 3.16. The lowest BCUT2D eigenvalue weighted by Crippen LogP contribution is -2.29. The molecule has 0 saturated heterocycles. The number of furan rings is 1. The third kappa shape index (κ3) is 2.79. The van der Waals surface area contributed by atoms with Gasteiger partial charge in [0, 0.05) is 13.6 Å². The SMILES string of the molecule is CCCCn1c(NCc2ccco2)nc2c1c(=O)[nH]c(=O)n2C. The minimum absolute atomic E-state index is 0.372. The summed E-state index contributed by atoms with van der Waals surface area (Å²) >= 11 is 0. The number of fused-ring (bicyclic) bond motifs is 1. The van der Waals surface area contributed by atoms with Gasteiger partial charge in [-0.3, -0.25) is 14.3 Å². The van der Waals surface area contributed by atoms with E-state index in [1.807, 2.05) is 16.7 Å². The molecular weight excluding hydrogens is 298 g/mol. The minimum atomic E-state index is -0.472. The number of hydrogen-bond acceptors (Lipinski definition) is 5. The zero-order valence-electron chi connectivity index (χ0n) is 13.1. The lowest BCUT2D eigenvalue weighted by molar-refractivity contribution is 0.516. The zero-order chi connectivity index (χ0) is 16.4. The van der Waals surface area contributed by atoms with Crippen molar-refractivity contribution in [3.05, 3.63) is 45.0 Å². The molecule has 3 aromatic heterocycles. The molecule has 0 unspecified atom stereocenters. The molecule has 0 atom stereocenters. The Morgan fingerprint density at radius 3 is 2.91 bits per heavy atom. The maximum absolute atomic E-state index is 12.2. The third-order valence-corrected chi connectivity index (χ3v) is 3.74. The van der Waals surface area contributed by atoms with Crippen LogP contribution >= 0.6 is 0 Å². The smallest absolute Gasteiger partial charge is 0.329 e. The number of hydrogen-bond donors (Lipinski definition) is 2. The van der Waals surface area contributed by atoms with Gasteiger partial charge in [0.25, 0.3) is 5.56 Å². The number of H-pyrrole nitrogens is 1. The molecule has 0 fully saturated rings. The van der Waals surface area contributed by atoms with Crippen LogP contribution in [0.4, 0.5) is 5.95 Å². The van der Waals surface area contributed by atoms with Crippen molar-refractivity contribution in [3.63, 3.8) is 0 Å². The van der Waals surface area contributed by atoms with Gasteiger partial charge < -0.3 is 14.3 Å². The number of aromatic nitrogens is 4. The Labute approximate surface area is 131 Å². The van der Waals surface area contributed by atoms with Crippen molar-refractivity contribution in [1.29, 1.82) is 0 Å². The molecule has 0 aliphatic rings. The predicted octanol–water partition coefficient (Wildman–Crippen LogP) is 1.43. The fourth-order valence-electron chi connectivity index (χ4n) is 2.48. The van der Waals surface area contributed by atoms with Crippen molar-refractivity contribution in [2.24, 2.45) is 7.05 Å². The van der Waals surface area contributed by atoms with E-state index < -0.39 is 11.2 Å². The second-order valence-electron chi connectivity index (χ2n) is 5.36. The second kappa shape index (κ2) is 6.15. The van der Waals surface area contributed by atoms with Crippen LogP contribution in [0.1, 0.15) is 25.5 Å². The molecule has 3 heterocycles. The van der Waals surface area contributed by atoms with E-state index in [9.17, 15) is 9.59 Å². The summed E-state index contributed by atoms with van der Waals surface area (Å²) in [7, 11) is 1.59. The molecule has 2 N–H and O–H groups in total. The summed E-state index contributed by atoms with van der Waals surface area (Å²) in [5, 5.41) is 3.18. The molecular formula is C15H19N5O3. The van der Waals surface area contributed by atoms with Crippen molar-refractivity contribution in [3.8, 4) is 0 Å². The van der Waals surface area contributed by atoms with E-state index >= 15 is 0 Å². The summed E-state index contributed by atoms with van der Waals surface area (Å²) in [6, 6.07) is 3.67. The first-order valence-corrected chi connectivity index (χ1v) is 7.57. The number of nitrogens with zero attached hydrogens (tertiary/aromatic N) is 3. The van der Waals surface area contributed by atoms with Gasteiger partial charge in [-0.15, -0.1) is 0 Å². The number of unbranched alkanes of at least 4 members (excludes halogenated alkanes) is 1. The number of aromatic amines is 1. The molecule has 0 aliphatic carbocycles. The Hall–Kier alpha value is -2.77. The summed E-state index contributed by atoms with van der Waals surface area (Å²) in [6.45, 7) is 3.18. The Bertz CT molecular complexity index is 917. The third-order valence-electron chi connectivity index (χ3n) is 3.74. The van der Waals surface area contributed by atoms with Crippen molar-refractivity contribution in [2.45, 2.75) is 32.9 Å². The Kier molecular flexibility index (Phi) is 4.05. The first kappa shape index (κ1) is 15.1. The lowest BCUT2D eigenvalue weighted by atomic mass is 10.3. The molecule has 8 nitrogen and oxygen atoms in total. The molecule has 3 rings (SSSR count). The van der Waals surface area contributed by atoms with E-state index in [2.05, 4.69) is 22.2 Å². The highest BCUT2D eigenvalue weighted by Gasteiger charge is 2.17. The molecule has 0 amide bonds. The molecule has 3 aromatic rings. The van der Waals surface area contributed by atoms with Crippen LogP contribution in [0.15, 0.2) is 32.4 Å². The van der Waals surface area contributed by atoms with Gasteiger partial charge >= 0.3 is 5.69 Å². The van der Waals surface area contributed by atoms with Gasteiger partial charge in [-0.1, -0.05) is 13.3 Å². The largest absolute Gasteiger partial charge is 0.467 e. The Morgan fingerprint density at radius 2 is 2.22 bits per heavy atom. The van der Waals surface area contributed by atoms with Gasteiger partial charge in [0.2, 0.25) is 5.95 Å². The first-order valence-electron chi connectivity index (χ1n) is 7.57. The van der Waals surface area contributed by atoms with E-state index in [1.165, 1.54) is 4.57 Å². The highest BCUT2D eigenvalue weighted by Crippen LogP contribution is 2.17. The summed E-state index contributed by atoms with van der Waals surface area (Å²) < 4.78 is 8.46. The maximum atomic E-state index is 12.2. The number of nitrogens with one attached hydrogen (secondary N) is 2. The highest BCUT2D eigenvalue weighted by atomic mass is 16.3. The van der Waals surface area contributed by atoms with Crippen LogP contribution in [0.2, 0.25) is 0 Å². The fourth-order valence-corrected chi connectivity index (χ4v) is 2.48. The van der Waals surface area contributed by atoms with E-state index in [0.717, 1.165) is 18.6 Å². The first-order chi connectivity index (χ1) is 11.1. The topological polar surface area (TPSA) is 97.8 Å². The molecule has 0 saturated carbocycles. The maximum Gasteiger partial charge on any atom is 0.329 e. The molecule has 0 bridgehead atoms. The molecule has 0 radical (unpaired) electrons. The summed E-state index contributed by atoms with van der Waals surface area (Å²) in [5.74, 6) is 1.32. The molecule has 8 heteroatoms. The molecule has 0 aromatic carbocycles. The van der Waals surface area contributed by atoms with Crippen molar-refractivity contribution in [1.82, 2.24) is 19.1 Å². The fraction of sp³-hybridized carbons (Fsp3) is 0.400. The van der Waals surface area contributed by atoms with Crippen molar-refractivity contribution < 1.29 is 4.42 Å². The quantitative estimate of drug-likeness (QED) is 0.716. The minimum Gasteiger partial charge on any atom is -0.467 e. The van der Waals surface area contributed by atoms with E-state index in [1.54, 1.807) is 13.3 Å². The average molecular weight is 317 g/mol. The van der Waals surface area contributed by atoms with Gasteiger partial charge in [0.15, 0.2) is 11.2 Å². The number of rotatable bonds is 6. The Morgan fingerprint density at radius 1 is 1.39 bits per heavy atom. The molecule has 0 spiro atoms. The summed E-state index contributed by atoms with van der Waals surface area (Å²) in [5.41, 5.74) is -0.114.